The number of cyclic esters (lactones) is 1. The predicted octanol–water partition coefficient (Wildman–Crippen LogP) is 14.1. The van der Waals surface area contributed by atoms with Gasteiger partial charge in [-0.1, -0.05) is 256 Å². The average Bonchev–Trinajstić information content (AvgIpc) is 0.753. The Labute approximate surface area is 719 Å². The number of carbonyl (C=O) groups is 5. The zero-order valence-electron chi connectivity index (χ0n) is 71.6. The smallest absolute Gasteiger partial charge is 0.349 e. The molecule has 2 amide bonds. The third-order valence-corrected chi connectivity index (χ3v) is 37.5. The van der Waals surface area contributed by atoms with Crippen LogP contribution in [0.25, 0.3) is 0 Å². The van der Waals surface area contributed by atoms with E-state index in [0.717, 1.165) is 12.0 Å². The number of aromatic nitrogens is 3. The number of benzene rings is 8. The number of aldehydes is 2. The Balaban J connectivity index is 0.000000173. The molecule has 23 heteroatoms. The molecule has 122 heavy (non-hydrogen) atoms. The lowest BCUT2D eigenvalue weighted by Gasteiger charge is -2.43. The van der Waals surface area contributed by atoms with E-state index >= 15 is 0 Å². The van der Waals surface area contributed by atoms with Gasteiger partial charge in [0.15, 0.2) is 12.6 Å². The predicted molar refractivity (Wildman–Crippen MR) is 482 cm³/mol. The van der Waals surface area contributed by atoms with Crippen molar-refractivity contribution >= 4 is 86.4 Å². The Morgan fingerprint density at radius 3 is 1.17 bits per heavy atom. The van der Waals surface area contributed by atoms with Gasteiger partial charge in [-0.2, -0.15) is 0 Å². The second kappa shape index (κ2) is 40.5. The van der Waals surface area contributed by atoms with E-state index in [1.165, 1.54) is 37.2 Å². The van der Waals surface area contributed by atoms with Crippen molar-refractivity contribution in [1.29, 1.82) is 0 Å². The summed E-state index contributed by atoms with van der Waals surface area (Å²) in [5.74, 6) is -1.08. The van der Waals surface area contributed by atoms with Gasteiger partial charge in [0, 0.05) is 90.2 Å². The van der Waals surface area contributed by atoms with Crippen LogP contribution in [-0.4, -0.2) is 176 Å². The van der Waals surface area contributed by atoms with Crippen LogP contribution >= 0.6 is 0 Å². The minimum atomic E-state index is -2.76. The van der Waals surface area contributed by atoms with Crippen molar-refractivity contribution in [3.05, 3.63) is 318 Å². The van der Waals surface area contributed by atoms with Crippen LogP contribution in [0.15, 0.2) is 273 Å². The van der Waals surface area contributed by atoms with E-state index in [1.807, 2.05) is 42.5 Å². The fourth-order valence-electron chi connectivity index (χ4n) is 16.7. The van der Waals surface area contributed by atoms with Gasteiger partial charge in [-0.15, -0.1) is 0 Å². The molecule has 14 rings (SSSR count). The van der Waals surface area contributed by atoms with Gasteiger partial charge in [-0.05, 0) is 107 Å². The standard InChI is InChI=1S/C39H44N2O7Si.C36H40N2O6Si.C24H27NO2Si/c1-38(2,3)49(29-14-8-6-9-15-29,30-16-10-7-11-17-30)46-24-21-32-31(18-13-22-40-32)36(42)41-23-25-44-26-28(41)27-45-33-19-12-20-34-35(33)37(43)48-39(4,5)47-34;1-36(2,3)45(28-12-6-4-7-13-28,29-14-8-5-9-15-29)44-22-19-32-30(16-11-20-37-32)35(41)38-21-23-42-25-27(38)26-43-34-18-10-17-33(40)31(34)24-39;1-24(2,3)28(21-12-6-4-7-13-21,22-14-8-5-9-15-22)27-18-16-23-20(19-26)11-10-17-25-23/h6-20,22,28H,21,23-27H2,1-5H3;4-18,20,24,27,40H,19,21-23,25-26H2,1-3H3;4-15,17,19H,16,18H2,1-3H3/t28-;27-;/m00./s1. The zero-order chi connectivity index (χ0) is 86.6. The molecule has 0 unspecified atom stereocenters. The molecular weight excluding hydrogens is 1580 g/mol. The van der Waals surface area contributed by atoms with Crippen LogP contribution < -0.4 is 45.3 Å². The Kier molecular flexibility index (Phi) is 29.9. The van der Waals surface area contributed by atoms with Gasteiger partial charge < -0.3 is 56.6 Å². The number of nitrogens with zero attached hydrogens (tertiary/aromatic N) is 5. The van der Waals surface area contributed by atoms with Crippen molar-refractivity contribution in [1.82, 2.24) is 24.8 Å². The van der Waals surface area contributed by atoms with Gasteiger partial charge in [0.05, 0.1) is 72.3 Å². The molecule has 634 valence electrons. The summed E-state index contributed by atoms with van der Waals surface area (Å²) < 4.78 is 55.9. The van der Waals surface area contributed by atoms with E-state index in [0.29, 0.717) is 118 Å². The molecule has 20 nitrogen and oxygen atoms in total. The van der Waals surface area contributed by atoms with Gasteiger partial charge in [0.2, 0.25) is 5.79 Å². The zero-order valence-corrected chi connectivity index (χ0v) is 74.6. The quantitative estimate of drug-likeness (QED) is 0.0273. The second-order valence-corrected chi connectivity index (χ2v) is 46.8. The maximum atomic E-state index is 14.2. The molecule has 3 aromatic heterocycles. The van der Waals surface area contributed by atoms with Crippen LogP contribution in [0.3, 0.4) is 0 Å². The Bertz CT molecular complexity index is 5170. The summed E-state index contributed by atoms with van der Waals surface area (Å²) in [6.45, 7) is 27.3. The van der Waals surface area contributed by atoms with Crippen molar-refractivity contribution < 1.29 is 70.8 Å². The molecule has 2 fully saturated rings. The highest BCUT2D eigenvalue weighted by Crippen LogP contribution is 2.42. The average molecular weight is 1700 g/mol. The highest BCUT2D eigenvalue weighted by molar-refractivity contribution is 7.00. The van der Waals surface area contributed by atoms with Crippen molar-refractivity contribution in [2.45, 2.75) is 128 Å². The van der Waals surface area contributed by atoms with Crippen LogP contribution in [0.2, 0.25) is 15.1 Å². The van der Waals surface area contributed by atoms with E-state index in [1.54, 1.807) is 103 Å². The highest BCUT2D eigenvalue weighted by Gasteiger charge is 2.53. The molecule has 6 heterocycles. The number of phenols is 1. The number of ether oxygens (including phenoxy) is 6. The molecule has 2 saturated heterocycles. The number of fused-ring (bicyclic) bond motifs is 1. The fraction of sp³-hybridized carbons (Fsp3) is 0.313. The van der Waals surface area contributed by atoms with Gasteiger partial charge in [0.1, 0.15) is 41.8 Å². The third-order valence-electron chi connectivity index (χ3n) is 22.4. The molecular formula is C99H111N5O15Si3. The largest absolute Gasteiger partial charge is 0.507 e. The van der Waals surface area contributed by atoms with Crippen molar-refractivity contribution in [2.75, 3.05) is 72.6 Å². The lowest BCUT2D eigenvalue weighted by Crippen LogP contribution is -2.66. The first-order valence-corrected chi connectivity index (χ1v) is 47.3. The normalized spacial score (nSPS) is 15.5. The fourth-order valence-corrected chi connectivity index (χ4v) is 30.4. The van der Waals surface area contributed by atoms with Crippen molar-refractivity contribution in [2.24, 2.45) is 0 Å². The Hall–Kier alpha value is -11.4. The van der Waals surface area contributed by atoms with E-state index in [9.17, 15) is 29.1 Å². The number of morpholine rings is 2. The lowest BCUT2D eigenvalue weighted by atomic mass is 10.1. The van der Waals surface area contributed by atoms with Gasteiger partial charge >= 0.3 is 5.97 Å². The minimum Gasteiger partial charge on any atom is -0.507 e. The van der Waals surface area contributed by atoms with Crippen LogP contribution in [0, 0.1) is 0 Å². The third kappa shape index (κ3) is 20.5. The van der Waals surface area contributed by atoms with Gasteiger partial charge in [-0.25, -0.2) is 4.79 Å². The maximum absolute atomic E-state index is 14.2. The van der Waals surface area contributed by atoms with E-state index in [4.69, 9.17) is 41.7 Å². The van der Waals surface area contributed by atoms with Crippen LogP contribution in [0.5, 0.6) is 23.0 Å². The molecule has 11 aromatic rings. The van der Waals surface area contributed by atoms with E-state index in [-0.39, 0.29) is 69.4 Å². The van der Waals surface area contributed by atoms with Crippen LogP contribution in [0.1, 0.15) is 145 Å². The highest BCUT2D eigenvalue weighted by atomic mass is 28.4. The summed E-state index contributed by atoms with van der Waals surface area (Å²) >= 11 is 0. The number of phenolic OH excluding ortho intramolecular Hbond substituents is 1. The number of esters is 1. The second-order valence-electron chi connectivity index (χ2n) is 33.8. The minimum absolute atomic E-state index is 0.0622. The lowest BCUT2D eigenvalue weighted by molar-refractivity contribution is -0.127. The van der Waals surface area contributed by atoms with E-state index < -0.39 is 48.8 Å². The topological polar surface area (TPSA) is 234 Å². The molecule has 0 saturated carbocycles. The summed E-state index contributed by atoms with van der Waals surface area (Å²) in [4.78, 5) is 81.1. The maximum Gasteiger partial charge on any atom is 0.349 e. The summed E-state index contributed by atoms with van der Waals surface area (Å²) in [5, 5.41) is 16.9. The van der Waals surface area contributed by atoms with Gasteiger partial charge in [-0.3, -0.25) is 34.1 Å². The molecule has 3 aliphatic rings. The summed E-state index contributed by atoms with van der Waals surface area (Å²) in [6.07, 6.45) is 8.11. The molecule has 8 aromatic carbocycles. The number of aromatic hydroxyl groups is 1. The molecule has 3 aliphatic heterocycles. The van der Waals surface area contributed by atoms with Crippen molar-refractivity contribution in [3.63, 3.8) is 0 Å². The first-order valence-electron chi connectivity index (χ1n) is 41.6. The molecule has 2 atom stereocenters. The van der Waals surface area contributed by atoms with Crippen LogP contribution in [0.4, 0.5) is 0 Å². The monoisotopic (exact) mass is 1690 g/mol. The number of hydrogen-bond acceptors (Lipinski definition) is 18. The first-order chi connectivity index (χ1) is 58.7. The Morgan fingerprint density at radius 2 is 0.795 bits per heavy atom. The first kappa shape index (κ1) is 89.9. The summed E-state index contributed by atoms with van der Waals surface area (Å²) in [7, 11) is -8.05. The molecule has 0 spiro atoms. The Morgan fingerprint density at radius 1 is 0.443 bits per heavy atom. The summed E-state index contributed by atoms with van der Waals surface area (Å²) in [5.41, 5.74) is 4.11. The van der Waals surface area contributed by atoms with Crippen LogP contribution in [-0.2, 0) is 46.8 Å². The number of hydrogen-bond donors (Lipinski definition) is 1. The SMILES string of the molecule is CC(C)(C)[Si](OCCc1ncccc1C(=O)N1CCOC[C@H]1COc1cccc(O)c1C=O)(c1ccccc1)c1ccccc1.CC(C)(C)[Si](OCCc1ncccc1C=O)(c1ccccc1)c1ccccc1.CC1(C)OC(=O)c2c(OC[C@@H]3COCCN3C(=O)c3cccnc3CCO[Si](c3ccccc3)(c3ccccc3)C(C)(C)C)cccc2O1. The number of amides is 2. The number of carbonyl (C=O) groups excluding carboxylic acids is 5. The summed E-state index contributed by atoms with van der Waals surface area (Å²) in [6, 6.07) is 82.9. The van der Waals surface area contributed by atoms with Gasteiger partial charge in [0.25, 0.3) is 36.8 Å². The molecule has 0 bridgehead atoms. The number of rotatable bonds is 28. The van der Waals surface area contributed by atoms with E-state index in [2.05, 4.69) is 223 Å². The molecule has 0 radical (unpaired) electrons. The molecule has 1 N–H and O–H groups in total. The molecule has 0 aliphatic carbocycles. The van der Waals surface area contributed by atoms with Crippen molar-refractivity contribution in [3.8, 4) is 23.0 Å². The number of pyridine rings is 3.